The Bertz CT molecular complexity index is 916. The van der Waals surface area contributed by atoms with Crippen molar-refractivity contribution in [2.75, 3.05) is 0 Å². The van der Waals surface area contributed by atoms with Crippen LogP contribution in [-0.4, -0.2) is 26.4 Å². The maximum Gasteiger partial charge on any atom is 0.264 e. The Morgan fingerprint density at radius 3 is 2.75 bits per heavy atom. The molecule has 0 atom stereocenters. The summed E-state index contributed by atoms with van der Waals surface area (Å²) in [5, 5.41) is 2.71. The van der Waals surface area contributed by atoms with Crippen molar-refractivity contribution in [2.45, 2.75) is 51.2 Å². The van der Waals surface area contributed by atoms with Crippen LogP contribution in [0.3, 0.4) is 0 Å². The van der Waals surface area contributed by atoms with Crippen molar-refractivity contribution in [2.24, 2.45) is 0 Å². The van der Waals surface area contributed by atoms with E-state index in [2.05, 4.69) is 9.55 Å². The first-order valence-electron chi connectivity index (χ1n) is 9.80. The van der Waals surface area contributed by atoms with Gasteiger partial charge in [0.1, 0.15) is 5.82 Å². The highest BCUT2D eigenvalue weighted by Crippen LogP contribution is 2.27. The minimum atomic E-state index is 0.120. The topological polar surface area (TPSA) is 38.1 Å². The van der Waals surface area contributed by atoms with Gasteiger partial charge < -0.3 is 9.47 Å². The molecule has 0 radical (unpaired) electrons. The van der Waals surface area contributed by atoms with Gasteiger partial charge in [0.2, 0.25) is 0 Å². The molecule has 6 heteroatoms. The molecule has 1 saturated carbocycles. The average Bonchev–Trinajstić information content (AvgIpc) is 3.40. The SMILES string of the molecule is O=C(c1cccs1)N(Cc1nccn1Cc1ccccc1Cl)C1CCCCC1. The zero-order valence-electron chi connectivity index (χ0n) is 15.8. The maximum atomic E-state index is 13.2. The van der Waals surface area contributed by atoms with Gasteiger partial charge in [0, 0.05) is 23.5 Å². The number of amides is 1. The molecule has 28 heavy (non-hydrogen) atoms. The third kappa shape index (κ3) is 4.31. The summed E-state index contributed by atoms with van der Waals surface area (Å²) in [7, 11) is 0. The fourth-order valence-electron chi connectivity index (χ4n) is 3.90. The number of halogens is 1. The van der Waals surface area contributed by atoms with Gasteiger partial charge in [0.15, 0.2) is 0 Å². The molecular weight excluding hydrogens is 390 g/mol. The quantitative estimate of drug-likeness (QED) is 0.525. The molecule has 3 aromatic rings. The molecule has 0 bridgehead atoms. The zero-order chi connectivity index (χ0) is 19.3. The average molecular weight is 414 g/mol. The van der Waals surface area contributed by atoms with Crippen LogP contribution in [0.4, 0.5) is 0 Å². The Kier molecular flexibility index (Phi) is 6.13. The van der Waals surface area contributed by atoms with Gasteiger partial charge in [-0.05, 0) is 35.9 Å². The van der Waals surface area contributed by atoms with Crippen LogP contribution in [-0.2, 0) is 13.1 Å². The summed E-state index contributed by atoms with van der Waals surface area (Å²) in [6.07, 6.45) is 9.55. The van der Waals surface area contributed by atoms with Crippen molar-refractivity contribution < 1.29 is 4.79 Å². The second kappa shape index (κ2) is 8.93. The third-order valence-electron chi connectivity index (χ3n) is 5.42. The molecule has 0 aliphatic heterocycles. The van der Waals surface area contributed by atoms with Crippen LogP contribution >= 0.6 is 22.9 Å². The van der Waals surface area contributed by atoms with Gasteiger partial charge in [0.25, 0.3) is 5.91 Å². The largest absolute Gasteiger partial charge is 0.329 e. The highest BCUT2D eigenvalue weighted by molar-refractivity contribution is 7.12. The Morgan fingerprint density at radius 1 is 1.18 bits per heavy atom. The first-order chi connectivity index (χ1) is 13.7. The van der Waals surface area contributed by atoms with E-state index < -0.39 is 0 Å². The maximum absolute atomic E-state index is 13.2. The van der Waals surface area contributed by atoms with E-state index in [9.17, 15) is 4.79 Å². The summed E-state index contributed by atoms with van der Waals surface area (Å²) in [5.74, 6) is 1.02. The van der Waals surface area contributed by atoms with Gasteiger partial charge in [-0.25, -0.2) is 4.98 Å². The van der Waals surface area contributed by atoms with Crippen LogP contribution < -0.4 is 0 Å². The fourth-order valence-corrected chi connectivity index (χ4v) is 4.77. The Balaban J connectivity index is 1.58. The molecule has 0 N–H and O–H groups in total. The number of benzene rings is 1. The van der Waals surface area contributed by atoms with E-state index in [4.69, 9.17) is 11.6 Å². The van der Waals surface area contributed by atoms with E-state index in [1.165, 1.54) is 30.6 Å². The van der Waals surface area contributed by atoms with Crippen molar-refractivity contribution in [3.05, 3.63) is 75.5 Å². The number of carbonyl (C=O) groups excluding carboxylic acids is 1. The predicted molar refractivity (Wildman–Crippen MR) is 114 cm³/mol. The smallest absolute Gasteiger partial charge is 0.264 e. The molecule has 1 amide bonds. The van der Waals surface area contributed by atoms with E-state index in [-0.39, 0.29) is 11.9 Å². The first-order valence-corrected chi connectivity index (χ1v) is 11.1. The first kappa shape index (κ1) is 19.2. The van der Waals surface area contributed by atoms with Crippen molar-refractivity contribution in [3.8, 4) is 0 Å². The number of thiophene rings is 1. The van der Waals surface area contributed by atoms with Crippen LogP contribution in [0.5, 0.6) is 0 Å². The number of nitrogens with zero attached hydrogens (tertiary/aromatic N) is 3. The number of imidazole rings is 1. The summed E-state index contributed by atoms with van der Waals surface area (Å²) in [4.78, 5) is 20.6. The van der Waals surface area contributed by atoms with Gasteiger partial charge in [-0.1, -0.05) is 55.1 Å². The monoisotopic (exact) mass is 413 g/mol. The molecule has 4 rings (SSSR count). The molecule has 0 spiro atoms. The Labute approximate surface area is 174 Å². The zero-order valence-corrected chi connectivity index (χ0v) is 17.3. The summed E-state index contributed by atoms with van der Waals surface area (Å²) >= 11 is 7.85. The summed E-state index contributed by atoms with van der Waals surface area (Å²) in [5.41, 5.74) is 1.05. The lowest BCUT2D eigenvalue weighted by Crippen LogP contribution is -2.41. The minimum absolute atomic E-state index is 0.120. The van der Waals surface area contributed by atoms with Crippen molar-refractivity contribution in [1.29, 1.82) is 0 Å². The highest BCUT2D eigenvalue weighted by atomic mass is 35.5. The normalized spacial score (nSPS) is 14.9. The number of hydrogen-bond donors (Lipinski definition) is 0. The van der Waals surface area contributed by atoms with E-state index >= 15 is 0 Å². The van der Waals surface area contributed by atoms with E-state index in [0.717, 1.165) is 34.1 Å². The number of hydrogen-bond acceptors (Lipinski definition) is 3. The van der Waals surface area contributed by atoms with Gasteiger partial charge in [-0.2, -0.15) is 0 Å². The molecule has 2 aromatic heterocycles. The third-order valence-corrected chi connectivity index (χ3v) is 6.65. The molecule has 1 aliphatic rings. The van der Waals surface area contributed by atoms with Crippen LogP contribution in [0.25, 0.3) is 0 Å². The lowest BCUT2D eigenvalue weighted by Gasteiger charge is -2.34. The van der Waals surface area contributed by atoms with Crippen molar-refractivity contribution in [3.63, 3.8) is 0 Å². The van der Waals surface area contributed by atoms with Gasteiger partial charge in [-0.3, -0.25) is 4.79 Å². The van der Waals surface area contributed by atoms with Gasteiger partial charge in [0.05, 0.1) is 18.0 Å². The molecular formula is C22H24ClN3OS. The molecule has 1 aliphatic carbocycles. The van der Waals surface area contributed by atoms with E-state index in [1.54, 1.807) is 6.20 Å². The van der Waals surface area contributed by atoms with E-state index in [0.29, 0.717) is 13.1 Å². The highest BCUT2D eigenvalue weighted by Gasteiger charge is 2.28. The van der Waals surface area contributed by atoms with Gasteiger partial charge in [-0.15, -0.1) is 11.3 Å². The van der Waals surface area contributed by atoms with E-state index in [1.807, 2.05) is 52.9 Å². The molecule has 1 fully saturated rings. The van der Waals surface area contributed by atoms with Crippen LogP contribution in [0.2, 0.25) is 5.02 Å². The van der Waals surface area contributed by atoms with Crippen molar-refractivity contribution >= 4 is 28.8 Å². The molecule has 1 aromatic carbocycles. The molecule has 0 unspecified atom stereocenters. The predicted octanol–water partition coefficient (Wildman–Crippen LogP) is 5.62. The lowest BCUT2D eigenvalue weighted by molar-refractivity contribution is 0.0610. The summed E-state index contributed by atoms with van der Waals surface area (Å²) in [6, 6.07) is 12.0. The number of rotatable bonds is 6. The molecule has 146 valence electrons. The molecule has 0 saturated heterocycles. The molecule has 4 nitrogen and oxygen atoms in total. The minimum Gasteiger partial charge on any atom is -0.329 e. The lowest BCUT2D eigenvalue weighted by atomic mass is 9.94. The number of carbonyl (C=O) groups is 1. The van der Waals surface area contributed by atoms with Crippen LogP contribution in [0, 0.1) is 0 Å². The second-order valence-corrected chi connectivity index (χ2v) is 8.62. The van der Waals surface area contributed by atoms with Crippen molar-refractivity contribution in [1.82, 2.24) is 14.5 Å². The standard InChI is InChI=1S/C22H24ClN3OS/c23-19-10-5-4-7-17(19)15-25-13-12-24-21(25)16-26(18-8-2-1-3-9-18)22(27)20-11-6-14-28-20/h4-7,10-14,18H,1-3,8-9,15-16H2. The fraction of sp³-hybridized carbons (Fsp3) is 0.364. The van der Waals surface area contributed by atoms with Crippen LogP contribution in [0.15, 0.2) is 54.2 Å². The molecule has 2 heterocycles. The summed E-state index contributed by atoms with van der Waals surface area (Å²) < 4.78 is 2.10. The second-order valence-electron chi connectivity index (χ2n) is 7.26. The summed E-state index contributed by atoms with van der Waals surface area (Å²) in [6.45, 7) is 1.18. The Morgan fingerprint density at radius 2 is 2.00 bits per heavy atom. The van der Waals surface area contributed by atoms with Crippen LogP contribution in [0.1, 0.15) is 53.2 Å². The number of aromatic nitrogens is 2. The van der Waals surface area contributed by atoms with Gasteiger partial charge >= 0.3 is 0 Å². The Hall–Kier alpha value is -2.11.